The van der Waals surface area contributed by atoms with E-state index in [0.717, 1.165) is 16.7 Å². The molecule has 9 nitrogen and oxygen atoms in total. The highest BCUT2D eigenvalue weighted by atomic mass is 35.5. The number of pyridine rings is 2. The van der Waals surface area contributed by atoms with Crippen LogP contribution in [0.3, 0.4) is 0 Å². The number of fused-ring (bicyclic) bond motifs is 1. The fourth-order valence-corrected chi connectivity index (χ4v) is 7.23. The average molecular weight is 623 g/mol. The van der Waals surface area contributed by atoms with E-state index in [1.807, 2.05) is 65.5 Å². The molecule has 0 unspecified atom stereocenters. The third-order valence-corrected chi connectivity index (χ3v) is 9.29. The van der Waals surface area contributed by atoms with Gasteiger partial charge in [-0.05, 0) is 69.9 Å². The van der Waals surface area contributed by atoms with Gasteiger partial charge in [-0.3, -0.25) is 9.78 Å². The number of aromatic nitrogens is 2. The van der Waals surface area contributed by atoms with Crippen LogP contribution in [0.2, 0.25) is 5.02 Å². The van der Waals surface area contributed by atoms with Gasteiger partial charge in [0, 0.05) is 36.9 Å². The van der Waals surface area contributed by atoms with E-state index in [1.54, 1.807) is 29.3 Å². The number of hydrogen-bond acceptors (Lipinski definition) is 6. The molecule has 0 bridgehead atoms. The van der Waals surface area contributed by atoms with Crippen LogP contribution in [0.25, 0.3) is 5.57 Å². The van der Waals surface area contributed by atoms with Gasteiger partial charge in [0.1, 0.15) is 0 Å². The summed E-state index contributed by atoms with van der Waals surface area (Å²) in [7, 11) is -4.35. The van der Waals surface area contributed by atoms with Crippen LogP contribution in [-0.4, -0.2) is 65.1 Å². The number of nitrogens with zero attached hydrogens (tertiary/aromatic N) is 6. The Morgan fingerprint density at radius 2 is 1.88 bits per heavy atom. The van der Waals surface area contributed by atoms with Gasteiger partial charge in [-0.2, -0.15) is 12.7 Å². The van der Waals surface area contributed by atoms with Crippen molar-refractivity contribution in [1.29, 1.82) is 0 Å². The molecule has 0 N–H and O–H groups in total. The van der Waals surface area contributed by atoms with Gasteiger partial charge < -0.3 is 9.80 Å². The summed E-state index contributed by atoms with van der Waals surface area (Å²) in [4.78, 5) is 25.7. The van der Waals surface area contributed by atoms with E-state index in [2.05, 4.69) is 22.5 Å². The van der Waals surface area contributed by atoms with Crippen molar-refractivity contribution in [3.63, 3.8) is 0 Å². The lowest BCUT2D eigenvalue weighted by Crippen LogP contribution is -2.60. The quantitative estimate of drug-likeness (QED) is 0.275. The zero-order chi connectivity index (χ0) is 31.8. The number of carbonyl (C=O) groups is 1. The molecular formula is C32H39ClN6O3S. The van der Waals surface area contributed by atoms with Crippen LogP contribution < -0.4 is 4.31 Å². The first kappa shape index (κ1) is 32.2. The fraction of sp³-hybridized carbons (Fsp3) is 0.375. The second-order valence-corrected chi connectivity index (χ2v) is 13.0. The molecule has 43 heavy (non-hydrogen) atoms. The van der Waals surface area contributed by atoms with E-state index in [4.69, 9.17) is 16.6 Å². The first-order chi connectivity index (χ1) is 20.3. The van der Waals surface area contributed by atoms with Crippen LogP contribution in [0.4, 0.5) is 11.5 Å². The van der Waals surface area contributed by atoms with Crippen molar-refractivity contribution in [2.24, 2.45) is 4.40 Å². The minimum atomic E-state index is -4.35. The number of carbonyl (C=O) groups excluding carboxylic acids is 1. The van der Waals surface area contributed by atoms with Gasteiger partial charge in [-0.15, -0.1) is 4.40 Å². The zero-order valence-corrected chi connectivity index (χ0v) is 27.4. The number of aryl methyl sites for hydroxylation is 1. The van der Waals surface area contributed by atoms with E-state index in [1.165, 1.54) is 10.4 Å². The highest BCUT2D eigenvalue weighted by molar-refractivity contribution is 7.92. The summed E-state index contributed by atoms with van der Waals surface area (Å²) in [6, 6.07) is 3.05. The van der Waals surface area contributed by atoms with Crippen molar-refractivity contribution < 1.29 is 13.2 Å². The van der Waals surface area contributed by atoms with Crippen LogP contribution in [0, 0.1) is 6.92 Å². The lowest BCUT2D eigenvalue weighted by Gasteiger charge is -2.46. The highest BCUT2D eigenvalue weighted by Crippen LogP contribution is 2.43. The molecule has 2 aliphatic rings. The van der Waals surface area contributed by atoms with Gasteiger partial charge in [-0.1, -0.05) is 56.8 Å². The molecule has 1 saturated heterocycles. The van der Waals surface area contributed by atoms with Crippen LogP contribution in [0.15, 0.2) is 65.8 Å². The van der Waals surface area contributed by atoms with Crippen molar-refractivity contribution in [2.75, 3.05) is 17.4 Å². The second-order valence-electron chi connectivity index (χ2n) is 11.2. The largest absolute Gasteiger partial charge is 0.352 e. The van der Waals surface area contributed by atoms with Crippen LogP contribution >= 0.6 is 11.6 Å². The Morgan fingerprint density at radius 1 is 1.19 bits per heavy atom. The predicted octanol–water partition coefficient (Wildman–Crippen LogP) is 6.35. The van der Waals surface area contributed by atoms with E-state index in [9.17, 15) is 13.2 Å². The minimum Gasteiger partial charge on any atom is -0.349 e. The van der Waals surface area contributed by atoms with Crippen molar-refractivity contribution in [3.05, 3.63) is 88.9 Å². The molecule has 1 amide bonds. The Morgan fingerprint density at radius 3 is 2.49 bits per heavy atom. The maximum absolute atomic E-state index is 14.3. The summed E-state index contributed by atoms with van der Waals surface area (Å²) in [5.74, 6) is 0.182. The summed E-state index contributed by atoms with van der Waals surface area (Å²) < 4.78 is 34.2. The molecule has 2 aromatic rings. The topological polar surface area (TPSA) is 99.1 Å². The summed E-state index contributed by atoms with van der Waals surface area (Å²) >= 11 is 6.94. The Balaban J connectivity index is 2.03. The minimum absolute atomic E-state index is 0.0779. The van der Waals surface area contributed by atoms with Crippen molar-refractivity contribution in [3.8, 4) is 0 Å². The van der Waals surface area contributed by atoms with Gasteiger partial charge in [0.15, 0.2) is 11.7 Å². The number of allylic oxidation sites excluding steroid dienone is 5. The molecule has 0 spiro atoms. The van der Waals surface area contributed by atoms with Gasteiger partial charge in [0.2, 0.25) is 5.91 Å². The Bertz CT molecular complexity index is 1680. The molecule has 1 fully saturated rings. The Hall–Kier alpha value is -3.76. The molecule has 4 heterocycles. The fourth-order valence-electron chi connectivity index (χ4n) is 5.65. The first-order valence-corrected chi connectivity index (χ1v) is 16.0. The van der Waals surface area contributed by atoms with Gasteiger partial charge in [0.25, 0.3) is 0 Å². The van der Waals surface area contributed by atoms with Gasteiger partial charge in [0.05, 0.1) is 27.7 Å². The van der Waals surface area contributed by atoms with Crippen molar-refractivity contribution in [2.45, 2.75) is 66.5 Å². The molecule has 0 saturated carbocycles. The first-order valence-electron chi connectivity index (χ1n) is 14.2. The predicted molar refractivity (Wildman–Crippen MR) is 175 cm³/mol. The maximum Gasteiger partial charge on any atom is 0.352 e. The van der Waals surface area contributed by atoms with Crippen LogP contribution in [0.5, 0.6) is 0 Å². The SMILES string of the molecule is C=C/C=C(C)\C(=C/C)c1nc2c(cc1Cl)C(N1C[C@@H](C)N(C(=O)C=C)C[C@@H]1C)=NS(=O)(=O)N2c1c(C)ccnc1C(C)C. The number of amidine groups is 1. The molecule has 0 radical (unpaired) electrons. The molecular weight excluding hydrogens is 584 g/mol. The van der Waals surface area contributed by atoms with E-state index < -0.39 is 10.2 Å². The molecule has 2 aromatic heterocycles. The monoisotopic (exact) mass is 622 g/mol. The van der Waals surface area contributed by atoms with Crippen LogP contribution in [-0.2, 0) is 15.0 Å². The number of piperazine rings is 1. The number of amides is 1. The normalized spacial score (nSPS) is 20.6. The molecule has 0 aromatic carbocycles. The summed E-state index contributed by atoms with van der Waals surface area (Å²) in [5, 5.41) is 0.351. The molecule has 2 atom stereocenters. The molecule has 228 valence electrons. The van der Waals surface area contributed by atoms with E-state index in [-0.39, 0.29) is 35.6 Å². The molecule has 11 heteroatoms. The summed E-state index contributed by atoms with van der Waals surface area (Å²) in [6.07, 6.45) is 8.39. The molecule has 4 rings (SSSR count). The van der Waals surface area contributed by atoms with Crippen molar-refractivity contribution in [1.82, 2.24) is 19.8 Å². The number of anilines is 2. The lowest BCUT2D eigenvalue weighted by atomic mass is 10.0. The van der Waals surface area contributed by atoms with E-state index >= 15 is 0 Å². The molecule has 0 aliphatic carbocycles. The van der Waals surface area contributed by atoms with Crippen LogP contribution in [0.1, 0.15) is 70.0 Å². The summed E-state index contributed by atoms with van der Waals surface area (Å²) in [6.45, 7) is 21.6. The standard InChI is InChI=1S/C32H39ClN6O3S/c1-10-13-20(6)24(11-2)29-26(33)16-25-31(35-29)39(30-21(7)14-15-34-28(30)19(4)5)43(41,42)36-32(25)38-18-22(8)37(17-23(38)9)27(40)12-3/h10-16,19,22-23H,1,3,17-18H2,2,4-9H3/b20-13-,24-11+/t22-,23+/m1/s1. The maximum atomic E-state index is 14.3. The van der Waals surface area contributed by atoms with Gasteiger partial charge in [-0.25, -0.2) is 4.98 Å². The Labute approximate surface area is 260 Å². The molecule has 2 aliphatic heterocycles. The van der Waals surface area contributed by atoms with Gasteiger partial charge >= 0.3 is 10.2 Å². The van der Waals surface area contributed by atoms with Crippen molar-refractivity contribution >= 4 is 50.6 Å². The third kappa shape index (κ3) is 5.90. The lowest BCUT2D eigenvalue weighted by molar-refractivity contribution is -0.130. The Kier molecular flexibility index (Phi) is 9.32. The van der Waals surface area contributed by atoms with E-state index in [0.29, 0.717) is 40.8 Å². The average Bonchev–Trinajstić information content (AvgIpc) is 2.94. The number of rotatable bonds is 6. The zero-order valence-electron chi connectivity index (χ0n) is 25.8. The third-order valence-electron chi connectivity index (χ3n) is 7.78. The smallest absolute Gasteiger partial charge is 0.349 e. The summed E-state index contributed by atoms with van der Waals surface area (Å²) in [5.41, 5.74) is 4.29. The number of halogens is 1. The highest BCUT2D eigenvalue weighted by Gasteiger charge is 2.42. The second kappa shape index (κ2) is 12.5. The number of hydrogen-bond donors (Lipinski definition) is 0.